The molecule has 0 aromatic rings. The van der Waals surface area contributed by atoms with E-state index in [1.807, 2.05) is 0 Å². The number of carbonyl (C=O) groups is 3. The number of esters is 3. The molecule has 0 bridgehead atoms. The van der Waals surface area contributed by atoms with E-state index < -0.39 is 6.10 Å². The molecule has 0 radical (unpaired) electrons. The molecule has 6 nitrogen and oxygen atoms in total. The SMILES string of the molecule is CC/C=C\C/C=C\C/C=C\C/C=C\C/C=C\CCCCCCCC(=O)OC(COC(=O)CCCCCCC/C=C\C/C=C\CCCC)COC(=O)CCCCCCCCCCCC/C=C\C/C=C\C/C=C\CCCCCCC. The van der Waals surface area contributed by atoms with E-state index in [-0.39, 0.29) is 31.1 Å². The lowest BCUT2D eigenvalue weighted by Gasteiger charge is -2.18. The second-order valence-electron chi connectivity index (χ2n) is 21.3. The quantitative estimate of drug-likeness (QED) is 0.0261. The van der Waals surface area contributed by atoms with Crippen LogP contribution >= 0.6 is 0 Å². The highest BCUT2D eigenvalue weighted by Crippen LogP contribution is 2.15. The van der Waals surface area contributed by atoms with E-state index in [4.69, 9.17) is 14.2 Å². The first-order valence-electron chi connectivity index (χ1n) is 32.5. The zero-order valence-electron chi connectivity index (χ0n) is 50.9. The smallest absolute Gasteiger partial charge is 0.306 e. The van der Waals surface area contributed by atoms with Crippen molar-refractivity contribution < 1.29 is 28.6 Å². The number of hydrogen-bond acceptors (Lipinski definition) is 6. The Kier molecular flexibility index (Phi) is 61.8. The van der Waals surface area contributed by atoms with Gasteiger partial charge in [0.25, 0.3) is 0 Å². The van der Waals surface area contributed by atoms with Gasteiger partial charge in [-0.15, -0.1) is 0 Å². The first kappa shape index (κ1) is 73.8. The highest BCUT2D eigenvalue weighted by Gasteiger charge is 2.19. The lowest BCUT2D eigenvalue weighted by molar-refractivity contribution is -0.167. The van der Waals surface area contributed by atoms with E-state index >= 15 is 0 Å². The fourth-order valence-electron chi connectivity index (χ4n) is 8.79. The summed E-state index contributed by atoms with van der Waals surface area (Å²) in [6.07, 6.45) is 90.5. The van der Waals surface area contributed by atoms with Crippen LogP contribution in [0.2, 0.25) is 0 Å². The first-order chi connectivity index (χ1) is 38.5. The van der Waals surface area contributed by atoms with Gasteiger partial charge in [0.1, 0.15) is 13.2 Å². The summed E-state index contributed by atoms with van der Waals surface area (Å²) < 4.78 is 16.9. The van der Waals surface area contributed by atoms with Crippen molar-refractivity contribution in [2.45, 2.75) is 303 Å². The zero-order valence-corrected chi connectivity index (χ0v) is 50.9. The molecule has 0 aliphatic heterocycles. The number of carbonyl (C=O) groups excluding carboxylic acids is 3. The van der Waals surface area contributed by atoms with Gasteiger partial charge in [-0.05, 0) is 128 Å². The minimum absolute atomic E-state index is 0.0949. The molecule has 0 N–H and O–H groups in total. The number of ether oxygens (including phenoxy) is 3. The van der Waals surface area contributed by atoms with Crippen LogP contribution in [-0.4, -0.2) is 37.2 Å². The standard InChI is InChI=1S/C72H120O6/c1-4-7-10-13-16-19-22-25-28-30-32-34-35-36-37-39-40-42-44-47-50-53-56-59-62-65-71(74)77-68-69(67-76-70(73)64-61-58-55-52-49-46-27-24-21-18-15-12-9-6-3)78-72(75)66-63-60-57-54-51-48-45-43-41-38-33-31-29-26-23-20-17-14-11-8-5-2/h8,11,15,17-18,20,22,24-27,29-30,32-33,35-36,38,43,45,69H,4-7,9-10,12-14,16,19,21,23,28,31,34,37,39-42,44,46-68H2,1-3H3/b11-8-,18-15-,20-17-,25-22-,27-24-,29-26-,32-30-,36-35-,38-33-,45-43-. The van der Waals surface area contributed by atoms with Gasteiger partial charge in [0.05, 0.1) is 0 Å². The summed E-state index contributed by atoms with van der Waals surface area (Å²) in [4.78, 5) is 38.3. The number of unbranched alkanes of at least 4 members (excludes halogenated alkanes) is 27. The normalized spacial score (nSPS) is 12.9. The molecule has 0 heterocycles. The number of rotatable bonds is 58. The van der Waals surface area contributed by atoms with Crippen molar-refractivity contribution in [3.8, 4) is 0 Å². The summed E-state index contributed by atoms with van der Waals surface area (Å²) in [5.74, 6) is -0.927. The van der Waals surface area contributed by atoms with Crippen LogP contribution < -0.4 is 0 Å². The first-order valence-corrected chi connectivity index (χ1v) is 32.5. The second-order valence-corrected chi connectivity index (χ2v) is 21.3. The minimum atomic E-state index is -0.801. The average Bonchev–Trinajstić information content (AvgIpc) is 3.44. The fraction of sp³-hybridized carbons (Fsp3) is 0.681. The third kappa shape index (κ3) is 62.7. The number of hydrogen-bond donors (Lipinski definition) is 0. The van der Waals surface area contributed by atoms with Crippen molar-refractivity contribution in [3.63, 3.8) is 0 Å². The van der Waals surface area contributed by atoms with Crippen LogP contribution in [0.5, 0.6) is 0 Å². The van der Waals surface area contributed by atoms with Gasteiger partial charge in [-0.1, -0.05) is 271 Å². The average molecular weight is 1080 g/mol. The molecule has 0 saturated carbocycles. The predicted molar refractivity (Wildman–Crippen MR) is 339 cm³/mol. The molecule has 0 aromatic carbocycles. The molecule has 0 fully saturated rings. The van der Waals surface area contributed by atoms with Crippen LogP contribution in [0, 0.1) is 0 Å². The molecule has 0 amide bonds. The van der Waals surface area contributed by atoms with Crippen molar-refractivity contribution in [2.24, 2.45) is 0 Å². The Morgan fingerprint density at radius 2 is 0.513 bits per heavy atom. The molecule has 1 atom stereocenters. The van der Waals surface area contributed by atoms with Crippen molar-refractivity contribution >= 4 is 17.9 Å². The molecule has 0 aromatic heterocycles. The molecule has 0 rings (SSSR count). The molecular weight excluding hydrogens is 961 g/mol. The third-order valence-electron chi connectivity index (χ3n) is 13.7. The highest BCUT2D eigenvalue weighted by atomic mass is 16.6. The Balaban J connectivity index is 4.40. The Morgan fingerprint density at radius 3 is 0.821 bits per heavy atom. The molecule has 6 heteroatoms. The van der Waals surface area contributed by atoms with Crippen molar-refractivity contribution in [1.82, 2.24) is 0 Å². The second kappa shape index (κ2) is 65.3. The maximum atomic E-state index is 12.9. The Hall–Kier alpha value is -4.19. The molecule has 0 aliphatic rings. The van der Waals surface area contributed by atoms with E-state index in [9.17, 15) is 14.4 Å². The van der Waals surface area contributed by atoms with Crippen LogP contribution in [0.15, 0.2) is 122 Å². The highest BCUT2D eigenvalue weighted by molar-refractivity contribution is 5.71. The Labute approximate surface area is 482 Å². The van der Waals surface area contributed by atoms with Crippen molar-refractivity contribution in [1.29, 1.82) is 0 Å². The van der Waals surface area contributed by atoms with Crippen LogP contribution in [0.25, 0.3) is 0 Å². The summed E-state index contributed by atoms with van der Waals surface area (Å²) >= 11 is 0. The van der Waals surface area contributed by atoms with E-state index in [2.05, 4.69) is 142 Å². The minimum Gasteiger partial charge on any atom is -0.462 e. The topological polar surface area (TPSA) is 78.9 Å². The maximum absolute atomic E-state index is 12.9. The molecular formula is C72H120O6. The summed E-state index contributed by atoms with van der Waals surface area (Å²) in [6.45, 7) is 6.46. The van der Waals surface area contributed by atoms with Gasteiger partial charge in [0, 0.05) is 19.3 Å². The predicted octanol–water partition coefficient (Wildman–Crippen LogP) is 22.4. The largest absolute Gasteiger partial charge is 0.462 e. The van der Waals surface area contributed by atoms with Crippen molar-refractivity contribution in [2.75, 3.05) is 13.2 Å². The van der Waals surface area contributed by atoms with Gasteiger partial charge in [-0.25, -0.2) is 0 Å². The summed E-state index contributed by atoms with van der Waals surface area (Å²) in [5, 5.41) is 0. The number of allylic oxidation sites excluding steroid dienone is 20. The van der Waals surface area contributed by atoms with Crippen molar-refractivity contribution in [3.05, 3.63) is 122 Å². The molecule has 1 unspecified atom stereocenters. The molecule has 0 spiro atoms. The van der Waals surface area contributed by atoms with Gasteiger partial charge in [0.15, 0.2) is 6.10 Å². The molecule has 444 valence electrons. The van der Waals surface area contributed by atoms with Gasteiger partial charge < -0.3 is 14.2 Å². The van der Waals surface area contributed by atoms with E-state index in [0.29, 0.717) is 19.3 Å². The van der Waals surface area contributed by atoms with Gasteiger partial charge in [-0.2, -0.15) is 0 Å². The summed E-state index contributed by atoms with van der Waals surface area (Å²) in [7, 11) is 0. The van der Waals surface area contributed by atoms with E-state index in [0.717, 1.165) is 148 Å². The zero-order chi connectivity index (χ0) is 56.4. The van der Waals surface area contributed by atoms with Crippen LogP contribution in [0.3, 0.4) is 0 Å². The molecule has 78 heavy (non-hydrogen) atoms. The summed E-state index contributed by atoms with van der Waals surface area (Å²) in [6, 6.07) is 0. The Bertz CT molecular complexity index is 1620. The third-order valence-corrected chi connectivity index (χ3v) is 13.7. The van der Waals surface area contributed by atoms with Gasteiger partial charge in [-0.3, -0.25) is 14.4 Å². The van der Waals surface area contributed by atoms with Gasteiger partial charge in [0.2, 0.25) is 0 Å². The fourth-order valence-corrected chi connectivity index (χ4v) is 8.79. The maximum Gasteiger partial charge on any atom is 0.306 e. The van der Waals surface area contributed by atoms with Crippen LogP contribution in [-0.2, 0) is 28.6 Å². The summed E-state index contributed by atoms with van der Waals surface area (Å²) in [5.41, 5.74) is 0. The van der Waals surface area contributed by atoms with E-state index in [1.165, 1.54) is 109 Å². The molecule has 0 aliphatic carbocycles. The van der Waals surface area contributed by atoms with E-state index in [1.54, 1.807) is 0 Å². The van der Waals surface area contributed by atoms with Gasteiger partial charge >= 0.3 is 17.9 Å². The Morgan fingerprint density at radius 1 is 0.269 bits per heavy atom. The van der Waals surface area contributed by atoms with Crippen LogP contribution in [0.4, 0.5) is 0 Å². The lowest BCUT2D eigenvalue weighted by Crippen LogP contribution is -2.30. The monoisotopic (exact) mass is 1080 g/mol. The molecule has 0 saturated heterocycles. The van der Waals surface area contributed by atoms with Crippen LogP contribution in [0.1, 0.15) is 297 Å². The lowest BCUT2D eigenvalue weighted by atomic mass is 10.1.